The van der Waals surface area contributed by atoms with Crippen molar-refractivity contribution in [3.05, 3.63) is 34.9 Å². The lowest BCUT2D eigenvalue weighted by molar-refractivity contribution is 0.0625. The van der Waals surface area contributed by atoms with Crippen molar-refractivity contribution in [2.24, 2.45) is 5.73 Å². The Balaban J connectivity index is 3.18. The molecule has 1 atom stereocenters. The van der Waals surface area contributed by atoms with Gasteiger partial charge in [0.2, 0.25) is 0 Å². The van der Waals surface area contributed by atoms with Gasteiger partial charge in [-0.25, -0.2) is 8.78 Å². The van der Waals surface area contributed by atoms with Crippen molar-refractivity contribution in [1.82, 2.24) is 0 Å². The van der Waals surface area contributed by atoms with Crippen molar-refractivity contribution in [3.8, 4) is 0 Å². The molecule has 0 saturated heterocycles. The lowest BCUT2D eigenvalue weighted by atomic mass is 9.91. The Bertz CT molecular complexity index is 312. The fourth-order valence-corrected chi connectivity index (χ4v) is 1.41. The number of benzene rings is 1. The van der Waals surface area contributed by atoms with E-state index in [-0.39, 0.29) is 0 Å². The van der Waals surface area contributed by atoms with E-state index in [0.29, 0.717) is 5.56 Å². The summed E-state index contributed by atoms with van der Waals surface area (Å²) in [7, 11) is 0. The van der Waals surface area contributed by atoms with Gasteiger partial charge >= 0.3 is 0 Å². The van der Waals surface area contributed by atoms with Crippen molar-refractivity contribution in [2.75, 3.05) is 0 Å². The van der Waals surface area contributed by atoms with Gasteiger partial charge in [-0.3, -0.25) is 0 Å². The monoisotopic (exact) mass is 199 g/mol. The second-order valence-electron chi connectivity index (χ2n) is 3.96. The van der Waals surface area contributed by atoms with Crippen LogP contribution in [0.4, 0.5) is 8.78 Å². The first kappa shape index (κ1) is 11.1. The molecule has 0 spiro atoms. The van der Waals surface area contributed by atoms with E-state index < -0.39 is 12.0 Å². The molecule has 1 aromatic rings. The smallest absolute Gasteiger partial charge is 0.260 e. The average molecular weight is 199 g/mol. The van der Waals surface area contributed by atoms with Crippen LogP contribution in [-0.4, -0.2) is 6.43 Å². The van der Waals surface area contributed by atoms with Gasteiger partial charge < -0.3 is 5.73 Å². The maximum Gasteiger partial charge on any atom is 0.260 e. The van der Waals surface area contributed by atoms with Crippen molar-refractivity contribution < 1.29 is 8.78 Å². The van der Waals surface area contributed by atoms with Crippen LogP contribution >= 0.6 is 0 Å². The summed E-state index contributed by atoms with van der Waals surface area (Å²) < 4.78 is 25.3. The number of nitrogens with two attached hydrogens (primary N) is 1. The first-order chi connectivity index (χ1) is 6.34. The van der Waals surface area contributed by atoms with Crippen LogP contribution in [0, 0.1) is 13.8 Å². The largest absolute Gasteiger partial charge is 0.317 e. The molecule has 0 heterocycles. The lowest BCUT2D eigenvalue weighted by Gasteiger charge is -2.24. The van der Waals surface area contributed by atoms with E-state index in [9.17, 15) is 8.78 Å². The molecule has 14 heavy (non-hydrogen) atoms. The molecule has 0 aliphatic rings. The van der Waals surface area contributed by atoms with Crippen LogP contribution in [0.5, 0.6) is 0 Å². The molecule has 0 aliphatic carbocycles. The molecule has 78 valence electrons. The van der Waals surface area contributed by atoms with Gasteiger partial charge in [0.1, 0.15) is 0 Å². The Labute approximate surface area is 82.9 Å². The summed E-state index contributed by atoms with van der Waals surface area (Å²) >= 11 is 0. The molecule has 0 aromatic heterocycles. The highest BCUT2D eigenvalue weighted by Crippen LogP contribution is 2.26. The van der Waals surface area contributed by atoms with E-state index in [1.807, 2.05) is 19.9 Å². The van der Waals surface area contributed by atoms with Crippen molar-refractivity contribution >= 4 is 0 Å². The van der Waals surface area contributed by atoms with Crippen molar-refractivity contribution in [2.45, 2.75) is 32.7 Å². The number of aryl methyl sites for hydroxylation is 2. The summed E-state index contributed by atoms with van der Waals surface area (Å²) in [6.07, 6.45) is -2.55. The van der Waals surface area contributed by atoms with E-state index in [4.69, 9.17) is 5.73 Å². The van der Waals surface area contributed by atoms with Gasteiger partial charge in [0.05, 0.1) is 5.54 Å². The van der Waals surface area contributed by atoms with E-state index in [1.165, 1.54) is 6.92 Å². The second kappa shape index (κ2) is 3.65. The second-order valence-corrected chi connectivity index (χ2v) is 3.96. The normalized spacial score (nSPS) is 15.6. The summed E-state index contributed by atoms with van der Waals surface area (Å²) in [6, 6.07) is 5.35. The van der Waals surface area contributed by atoms with E-state index in [1.54, 1.807) is 12.1 Å². The lowest BCUT2D eigenvalue weighted by Crippen LogP contribution is -2.40. The minimum absolute atomic E-state index is 0.491. The fourth-order valence-electron chi connectivity index (χ4n) is 1.41. The van der Waals surface area contributed by atoms with Gasteiger partial charge in [-0.1, -0.05) is 29.3 Å². The molecule has 0 fully saturated rings. The molecule has 1 aromatic carbocycles. The first-order valence-electron chi connectivity index (χ1n) is 4.50. The maximum atomic E-state index is 12.6. The Morgan fingerprint density at radius 1 is 1.14 bits per heavy atom. The summed E-state index contributed by atoms with van der Waals surface area (Å²) in [6.45, 7) is 5.10. The third-order valence-corrected chi connectivity index (χ3v) is 2.30. The fraction of sp³-hybridized carbons (Fsp3) is 0.455. The number of rotatable bonds is 2. The molecule has 1 unspecified atom stereocenters. The molecule has 1 nitrogen and oxygen atoms in total. The number of hydrogen-bond acceptors (Lipinski definition) is 1. The van der Waals surface area contributed by atoms with Crippen LogP contribution in [-0.2, 0) is 5.54 Å². The molecule has 0 radical (unpaired) electrons. The van der Waals surface area contributed by atoms with Crippen molar-refractivity contribution in [3.63, 3.8) is 0 Å². The zero-order valence-corrected chi connectivity index (χ0v) is 8.64. The average Bonchev–Trinajstić information content (AvgIpc) is 2.01. The van der Waals surface area contributed by atoms with Gasteiger partial charge in [0.25, 0.3) is 6.43 Å². The van der Waals surface area contributed by atoms with Crippen LogP contribution in [0.1, 0.15) is 23.6 Å². The van der Waals surface area contributed by atoms with E-state index >= 15 is 0 Å². The molecule has 0 amide bonds. The zero-order chi connectivity index (χ0) is 10.9. The van der Waals surface area contributed by atoms with E-state index in [2.05, 4.69) is 0 Å². The van der Waals surface area contributed by atoms with Crippen LogP contribution in [0.15, 0.2) is 18.2 Å². The quantitative estimate of drug-likeness (QED) is 0.778. The summed E-state index contributed by atoms with van der Waals surface area (Å²) in [4.78, 5) is 0. The highest BCUT2D eigenvalue weighted by atomic mass is 19.3. The van der Waals surface area contributed by atoms with Crippen LogP contribution in [0.25, 0.3) is 0 Å². The summed E-state index contributed by atoms with van der Waals surface area (Å²) in [5, 5.41) is 0. The Morgan fingerprint density at radius 3 is 1.93 bits per heavy atom. The number of alkyl halides is 2. The molecule has 0 saturated carbocycles. The molecule has 3 heteroatoms. The SMILES string of the molecule is Cc1cc(C)cc(C(C)(N)C(F)F)c1. The van der Waals surface area contributed by atoms with Gasteiger partial charge in [-0.2, -0.15) is 0 Å². The Kier molecular flexibility index (Phi) is 2.90. The van der Waals surface area contributed by atoms with Crippen molar-refractivity contribution in [1.29, 1.82) is 0 Å². The van der Waals surface area contributed by atoms with Crippen LogP contribution in [0.3, 0.4) is 0 Å². The van der Waals surface area contributed by atoms with Gasteiger partial charge in [0.15, 0.2) is 0 Å². The molecular formula is C11H15F2N. The Morgan fingerprint density at radius 2 is 1.57 bits per heavy atom. The van der Waals surface area contributed by atoms with Gasteiger partial charge in [-0.05, 0) is 26.3 Å². The highest BCUT2D eigenvalue weighted by molar-refractivity contribution is 5.33. The zero-order valence-electron chi connectivity index (χ0n) is 8.64. The maximum absolute atomic E-state index is 12.6. The number of hydrogen-bond donors (Lipinski definition) is 1. The molecule has 0 bridgehead atoms. The molecular weight excluding hydrogens is 184 g/mol. The predicted molar refractivity (Wildman–Crippen MR) is 53.5 cm³/mol. The summed E-state index contributed by atoms with van der Waals surface area (Å²) in [5.74, 6) is 0. The minimum Gasteiger partial charge on any atom is -0.317 e. The summed E-state index contributed by atoms with van der Waals surface area (Å²) in [5.41, 5.74) is 6.41. The highest BCUT2D eigenvalue weighted by Gasteiger charge is 2.32. The van der Waals surface area contributed by atoms with Crippen LogP contribution < -0.4 is 5.73 Å². The minimum atomic E-state index is -2.55. The third-order valence-electron chi connectivity index (χ3n) is 2.30. The Hall–Kier alpha value is -0.960. The van der Waals surface area contributed by atoms with E-state index in [0.717, 1.165) is 11.1 Å². The molecule has 1 rings (SSSR count). The third kappa shape index (κ3) is 2.10. The predicted octanol–water partition coefficient (Wildman–Crippen LogP) is 2.74. The van der Waals surface area contributed by atoms with Gasteiger partial charge in [-0.15, -0.1) is 0 Å². The van der Waals surface area contributed by atoms with Crippen LogP contribution in [0.2, 0.25) is 0 Å². The first-order valence-corrected chi connectivity index (χ1v) is 4.50. The van der Waals surface area contributed by atoms with Gasteiger partial charge in [0, 0.05) is 0 Å². The number of halogens is 2. The standard InChI is InChI=1S/C11H15F2N/c1-7-4-8(2)6-9(5-7)11(3,14)10(12)13/h4-6,10H,14H2,1-3H3. The topological polar surface area (TPSA) is 26.0 Å². The molecule has 2 N–H and O–H groups in total. The molecule has 0 aliphatic heterocycles.